The van der Waals surface area contributed by atoms with Gasteiger partial charge in [-0.25, -0.2) is 9.55 Å². The molecule has 1 heterocycles. The van der Waals surface area contributed by atoms with Crippen molar-refractivity contribution in [2.75, 3.05) is 0 Å². The topological polar surface area (TPSA) is 19.7 Å². The molecule has 0 fully saturated rings. The summed E-state index contributed by atoms with van der Waals surface area (Å²) >= 11 is 0. The SMILES string of the molecule is CCCCCCCCCCCCCCCCC[C@H](CCCCCCCCCC)c1[nH]cc[n+]1C(C)C. The first-order chi connectivity index (χ1) is 17.7. The van der Waals surface area contributed by atoms with Crippen LogP contribution in [0.1, 0.15) is 206 Å². The van der Waals surface area contributed by atoms with Gasteiger partial charge < -0.3 is 0 Å². The molecule has 0 unspecified atom stereocenters. The maximum absolute atomic E-state index is 3.63. The number of aromatic amines is 1. The number of nitrogens with one attached hydrogen (secondary N) is 1. The fourth-order valence-corrected chi connectivity index (χ4v) is 5.84. The molecule has 36 heavy (non-hydrogen) atoms. The molecule has 1 aromatic rings. The second kappa shape index (κ2) is 24.5. The summed E-state index contributed by atoms with van der Waals surface area (Å²) in [5, 5.41) is 0. The van der Waals surface area contributed by atoms with Gasteiger partial charge in [0.2, 0.25) is 0 Å². The Kier molecular flexibility index (Phi) is 22.7. The van der Waals surface area contributed by atoms with E-state index >= 15 is 0 Å². The quantitative estimate of drug-likeness (QED) is 0.0909. The Labute approximate surface area is 227 Å². The zero-order valence-corrected chi connectivity index (χ0v) is 25.4. The third-order valence-corrected chi connectivity index (χ3v) is 8.25. The van der Waals surface area contributed by atoms with Crippen molar-refractivity contribution in [1.29, 1.82) is 0 Å². The van der Waals surface area contributed by atoms with E-state index in [0.29, 0.717) is 12.0 Å². The highest BCUT2D eigenvalue weighted by molar-refractivity contribution is 4.90. The van der Waals surface area contributed by atoms with Gasteiger partial charge in [-0.05, 0) is 26.7 Å². The highest BCUT2D eigenvalue weighted by Gasteiger charge is 2.23. The first-order valence-electron chi connectivity index (χ1n) is 16.8. The predicted molar refractivity (Wildman–Crippen MR) is 161 cm³/mol. The summed E-state index contributed by atoms with van der Waals surface area (Å²) in [6.07, 6.45) is 40.2. The van der Waals surface area contributed by atoms with Crippen LogP contribution in [0.15, 0.2) is 12.4 Å². The van der Waals surface area contributed by atoms with Crippen LogP contribution in [0.25, 0.3) is 0 Å². The Balaban J connectivity index is 2.14. The van der Waals surface area contributed by atoms with E-state index in [2.05, 4.69) is 49.6 Å². The number of hydrogen-bond donors (Lipinski definition) is 1. The molecule has 1 atom stereocenters. The summed E-state index contributed by atoms with van der Waals surface area (Å²) in [6, 6.07) is 0.549. The van der Waals surface area contributed by atoms with Gasteiger partial charge in [-0.3, -0.25) is 0 Å². The van der Waals surface area contributed by atoms with Crippen molar-refractivity contribution in [3.05, 3.63) is 18.2 Å². The maximum Gasteiger partial charge on any atom is 0.257 e. The van der Waals surface area contributed by atoms with Crippen LogP contribution in [0.5, 0.6) is 0 Å². The lowest BCUT2D eigenvalue weighted by atomic mass is 9.93. The van der Waals surface area contributed by atoms with E-state index in [1.54, 1.807) is 0 Å². The second-order valence-electron chi connectivity index (χ2n) is 12.0. The number of H-pyrrole nitrogens is 1. The molecule has 0 aliphatic heterocycles. The van der Waals surface area contributed by atoms with Crippen molar-refractivity contribution in [3.8, 4) is 0 Å². The van der Waals surface area contributed by atoms with E-state index in [4.69, 9.17) is 0 Å². The van der Waals surface area contributed by atoms with Crippen molar-refractivity contribution in [3.63, 3.8) is 0 Å². The average Bonchev–Trinajstić information content (AvgIpc) is 3.37. The Hall–Kier alpha value is -0.790. The minimum absolute atomic E-state index is 0.549. The molecule has 0 aliphatic carbocycles. The fraction of sp³-hybridized carbons (Fsp3) is 0.912. The van der Waals surface area contributed by atoms with Crippen molar-refractivity contribution < 1.29 is 4.57 Å². The largest absolute Gasteiger partial charge is 0.257 e. The number of imidazole rings is 1. The van der Waals surface area contributed by atoms with Crippen molar-refractivity contribution in [1.82, 2.24) is 4.98 Å². The lowest BCUT2D eigenvalue weighted by Gasteiger charge is -2.15. The number of unbranched alkanes of at least 4 members (excludes halogenated alkanes) is 21. The van der Waals surface area contributed by atoms with Crippen LogP contribution in [-0.4, -0.2) is 4.98 Å². The van der Waals surface area contributed by atoms with Crippen LogP contribution in [-0.2, 0) is 0 Å². The van der Waals surface area contributed by atoms with Gasteiger partial charge in [-0.1, -0.05) is 162 Å². The zero-order valence-electron chi connectivity index (χ0n) is 25.4. The first-order valence-corrected chi connectivity index (χ1v) is 16.8. The Morgan fingerprint density at radius 3 is 1.19 bits per heavy atom. The summed E-state index contributed by atoms with van der Waals surface area (Å²) in [6.45, 7) is 9.25. The van der Waals surface area contributed by atoms with Crippen LogP contribution >= 0.6 is 0 Å². The van der Waals surface area contributed by atoms with Crippen molar-refractivity contribution >= 4 is 0 Å². The van der Waals surface area contributed by atoms with Crippen LogP contribution in [0, 0.1) is 0 Å². The lowest BCUT2D eigenvalue weighted by Crippen LogP contribution is -2.39. The first kappa shape index (κ1) is 33.2. The third kappa shape index (κ3) is 17.6. The van der Waals surface area contributed by atoms with Crippen LogP contribution in [0.3, 0.4) is 0 Å². The minimum Gasteiger partial charge on any atom is -0.247 e. The van der Waals surface area contributed by atoms with Gasteiger partial charge in [0.25, 0.3) is 5.82 Å². The summed E-state index contributed by atoms with van der Waals surface area (Å²) in [5.74, 6) is 2.20. The van der Waals surface area contributed by atoms with Gasteiger partial charge in [0.15, 0.2) is 0 Å². The molecule has 2 heteroatoms. The highest BCUT2D eigenvalue weighted by Crippen LogP contribution is 2.27. The van der Waals surface area contributed by atoms with Crippen molar-refractivity contribution in [2.45, 2.75) is 200 Å². The van der Waals surface area contributed by atoms with Gasteiger partial charge in [0.1, 0.15) is 12.4 Å². The number of aromatic nitrogens is 2. The number of hydrogen-bond acceptors (Lipinski definition) is 0. The summed E-state index contributed by atoms with van der Waals surface area (Å²) in [5.41, 5.74) is 0. The molecule has 212 valence electrons. The van der Waals surface area contributed by atoms with Gasteiger partial charge >= 0.3 is 0 Å². The molecule has 0 saturated heterocycles. The smallest absolute Gasteiger partial charge is 0.247 e. The van der Waals surface area contributed by atoms with Crippen LogP contribution in [0.4, 0.5) is 0 Å². The minimum atomic E-state index is 0.549. The normalized spacial score (nSPS) is 12.6. The maximum atomic E-state index is 3.63. The molecular formula is C34H67N2+. The number of rotatable bonds is 27. The van der Waals surface area contributed by atoms with E-state index in [0.717, 1.165) is 0 Å². The molecule has 1 aromatic heterocycles. The van der Waals surface area contributed by atoms with Gasteiger partial charge in [-0.2, -0.15) is 0 Å². The Bertz CT molecular complexity index is 561. The molecular weight excluding hydrogens is 436 g/mol. The second-order valence-corrected chi connectivity index (χ2v) is 12.0. The molecule has 0 radical (unpaired) electrons. The standard InChI is InChI=1S/C34H66N2/c1-5-7-9-11-13-15-16-17-18-19-20-21-23-25-27-29-33(34-35-30-31-36(34)32(3)4)28-26-24-22-14-12-10-8-6-2/h30-33H,5-29H2,1-4H3/p+1/t33-/m0/s1. The fourth-order valence-electron chi connectivity index (χ4n) is 5.84. The van der Waals surface area contributed by atoms with Crippen LogP contribution < -0.4 is 4.57 Å². The van der Waals surface area contributed by atoms with E-state index in [1.807, 2.05) is 0 Å². The Morgan fingerprint density at radius 2 is 0.861 bits per heavy atom. The summed E-state index contributed by atoms with van der Waals surface area (Å²) < 4.78 is 2.49. The summed E-state index contributed by atoms with van der Waals surface area (Å²) in [7, 11) is 0. The highest BCUT2D eigenvalue weighted by atomic mass is 15.1. The molecule has 0 spiro atoms. The molecule has 1 N–H and O–H groups in total. The molecule has 0 amide bonds. The van der Waals surface area contributed by atoms with Crippen molar-refractivity contribution in [2.24, 2.45) is 0 Å². The predicted octanol–water partition coefficient (Wildman–Crippen LogP) is 11.8. The van der Waals surface area contributed by atoms with Gasteiger partial charge in [0, 0.05) is 0 Å². The lowest BCUT2D eigenvalue weighted by molar-refractivity contribution is -0.723. The van der Waals surface area contributed by atoms with E-state index < -0.39 is 0 Å². The van der Waals surface area contributed by atoms with Gasteiger partial charge in [0.05, 0.1) is 12.0 Å². The molecule has 1 rings (SSSR count). The molecule has 0 aromatic carbocycles. The third-order valence-electron chi connectivity index (χ3n) is 8.25. The average molecular weight is 504 g/mol. The monoisotopic (exact) mass is 504 g/mol. The van der Waals surface area contributed by atoms with E-state index in [-0.39, 0.29) is 0 Å². The van der Waals surface area contributed by atoms with Crippen LogP contribution in [0.2, 0.25) is 0 Å². The molecule has 0 saturated carbocycles. The zero-order chi connectivity index (χ0) is 26.1. The van der Waals surface area contributed by atoms with E-state index in [9.17, 15) is 0 Å². The molecule has 2 nitrogen and oxygen atoms in total. The molecule has 0 aliphatic rings. The summed E-state index contributed by atoms with van der Waals surface area (Å²) in [4.78, 5) is 3.63. The number of nitrogens with zero attached hydrogens (tertiary/aromatic N) is 1. The Morgan fingerprint density at radius 1 is 0.528 bits per heavy atom. The van der Waals surface area contributed by atoms with E-state index in [1.165, 1.54) is 166 Å². The van der Waals surface area contributed by atoms with Gasteiger partial charge in [-0.15, -0.1) is 0 Å². The molecule has 0 bridgehead atoms.